The number of imidazole rings is 1. The third-order valence-corrected chi connectivity index (χ3v) is 9.19. The molecule has 3 unspecified atom stereocenters. The summed E-state index contributed by atoms with van der Waals surface area (Å²) in [6.07, 6.45) is -0.184. The van der Waals surface area contributed by atoms with Gasteiger partial charge in [-0.1, -0.05) is 11.8 Å². The van der Waals surface area contributed by atoms with Crippen LogP contribution in [0.15, 0.2) is 11.1 Å². The van der Waals surface area contributed by atoms with Crippen molar-refractivity contribution >= 4 is 51.3 Å². The third-order valence-electron chi connectivity index (χ3n) is 4.58. The fraction of sp³-hybridized carbons (Fsp3) is 0.583. The minimum absolute atomic E-state index is 0.0481. The summed E-state index contributed by atoms with van der Waals surface area (Å²) >= 11 is 4.42. The summed E-state index contributed by atoms with van der Waals surface area (Å²) in [4.78, 5) is 63.1. The molecule has 17 nitrogen and oxygen atoms in total. The molecule has 186 valence electrons. The molecule has 0 saturated carbocycles. The van der Waals surface area contributed by atoms with Crippen LogP contribution in [0.4, 0.5) is 5.95 Å². The van der Waals surface area contributed by atoms with Gasteiger partial charge in [-0.15, -0.1) is 0 Å². The highest BCUT2D eigenvalue weighted by molar-refractivity contribution is 8.07. The molecule has 1 saturated heterocycles. The van der Waals surface area contributed by atoms with Crippen LogP contribution in [0.1, 0.15) is 20.3 Å². The van der Waals surface area contributed by atoms with E-state index in [1.807, 2.05) is 0 Å². The monoisotopic (exact) mass is 549 g/mol. The Morgan fingerprint density at radius 2 is 2.03 bits per heavy atom. The second-order valence-electron chi connectivity index (χ2n) is 7.37. The Balaban J connectivity index is 1.79. The molecule has 0 bridgehead atoms. The molecule has 0 aromatic carbocycles. The zero-order valence-electron chi connectivity index (χ0n) is 16.8. The molecule has 0 aliphatic carbocycles. The van der Waals surface area contributed by atoms with Gasteiger partial charge in [-0.05, 0) is 13.8 Å². The number of aliphatic hydroxyl groups is 1. The molecule has 2 aromatic heterocycles. The molecule has 0 amide bonds. The van der Waals surface area contributed by atoms with E-state index in [1.54, 1.807) is 0 Å². The number of aromatic nitrogens is 4. The maximum atomic E-state index is 12.2. The summed E-state index contributed by atoms with van der Waals surface area (Å²) in [5.41, 5.74) is 1.96. The van der Waals surface area contributed by atoms with E-state index in [-0.39, 0.29) is 23.5 Å². The zero-order chi connectivity index (χ0) is 25.0. The second-order valence-corrected chi connectivity index (χ2v) is 13.0. The van der Waals surface area contributed by atoms with Gasteiger partial charge >= 0.3 is 7.82 Å². The first kappa shape index (κ1) is 26.5. The van der Waals surface area contributed by atoms with Gasteiger partial charge in [-0.3, -0.25) is 23.2 Å². The summed E-state index contributed by atoms with van der Waals surface area (Å²) in [6, 6.07) is 0. The molecule has 0 spiro atoms. The Morgan fingerprint density at radius 1 is 1.39 bits per heavy atom. The number of anilines is 1. The number of hydrogen-bond acceptors (Lipinski definition) is 14. The van der Waals surface area contributed by atoms with E-state index in [9.17, 15) is 28.8 Å². The van der Waals surface area contributed by atoms with Gasteiger partial charge in [0, 0.05) is 6.42 Å². The highest BCUT2D eigenvalue weighted by Gasteiger charge is 2.53. The van der Waals surface area contributed by atoms with Crippen LogP contribution in [-0.2, 0) is 44.5 Å². The first-order valence-corrected chi connectivity index (χ1v) is 14.3. The number of nitrogens with two attached hydrogens (primary N) is 1. The van der Waals surface area contributed by atoms with Crippen molar-refractivity contribution in [2.24, 2.45) is 0 Å². The van der Waals surface area contributed by atoms with Crippen LogP contribution < -0.4 is 21.1 Å². The number of fused-ring (bicyclic) bond motifs is 1. The molecule has 3 heterocycles. The summed E-state index contributed by atoms with van der Waals surface area (Å²) in [7, 11) is -11.4. The highest BCUT2D eigenvalue weighted by Crippen LogP contribution is 2.63. The van der Waals surface area contributed by atoms with Gasteiger partial charge in [0.25, 0.3) is 13.4 Å². The van der Waals surface area contributed by atoms with Crippen LogP contribution >= 0.6 is 22.4 Å². The molecule has 1 fully saturated rings. The summed E-state index contributed by atoms with van der Waals surface area (Å²) in [5.74, 6) is -0.189. The standard InChI is InChI=1S/C12H20N5O12P3S/c1-11(4-26-32(25,33)29-31(23,24)28-30(20,21)22)6(18)3-12(2,27-11)17-5-14-7-8(17)15-10(13)16-9(7)19/h5-6,18H,3-4H2,1-2H3,(H,23,24)(H,25,33)(H2,20,21,22)(H3,13,15,16,19)/p-2/t6?,11-,12-,32?/m1/s1. The zero-order valence-corrected chi connectivity index (χ0v) is 20.3. The molecule has 1 aliphatic rings. The van der Waals surface area contributed by atoms with Crippen molar-refractivity contribution < 1.29 is 51.7 Å². The average molecular weight is 549 g/mol. The van der Waals surface area contributed by atoms with Gasteiger partial charge in [-0.2, -0.15) is 4.98 Å². The van der Waals surface area contributed by atoms with E-state index in [0.717, 1.165) is 0 Å². The highest BCUT2D eigenvalue weighted by atomic mass is 32.5. The fourth-order valence-corrected chi connectivity index (χ4v) is 7.14. The van der Waals surface area contributed by atoms with Gasteiger partial charge in [0.1, 0.15) is 18.0 Å². The van der Waals surface area contributed by atoms with E-state index in [0.29, 0.717) is 0 Å². The number of rotatable bonds is 8. The van der Waals surface area contributed by atoms with E-state index >= 15 is 0 Å². The molecule has 5 atom stereocenters. The Hall–Kier alpha value is -1.10. The Bertz CT molecular complexity index is 1280. The maximum Gasteiger partial charge on any atom is 0.476 e. The number of nitrogens with one attached hydrogen (secondary N) is 1. The van der Waals surface area contributed by atoms with Crippen LogP contribution in [-0.4, -0.2) is 52.7 Å². The van der Waals surface area contributed by atoms with Crippen molar-refractivity contribution in [3.63, 3.8) is 0 Å². The average Bonchev–Trinajstić information content (AvgIpc) is 3.10. The van der Waals surface area contributed by atoms with E-state index in [2.05, 4.69) is 35.4 Å². The molecule has 21 heteroatoms. The molecule has 2 aromatic rings. The summed E-state index contributed by atoms with van der Waals surface area (Å²) < 4.78 is 41.6. The maximum absolute atomic E-state index is 12.2. The number of nitrogens with zero attached hydrogens (tertiary/aromatic N) is 3. The number of ether oxygens (including phenoxy) is 1. The van der Waals surface area contributed by atoms with Crippen LogP contribution in [0.25, 0.3) is 11.2 Å². The molecule has 6 N–H and O–H groups in total. The minimum Gasteiger partial charge on any atom is -0.779 e. The van der Waals surface area contributed by atoms with Crippen molar-refractivity contribution in [3.05, 3.63) is 16.7 Å². The van der Waals surface area contributed by atoms with E-state index < -0.39 is 52.0 Å². The molecule has 3 rings (SSSR count). The summed E-state index contributed by atoms with van der Waals surface area (Å²) in [6.45, 7) is -2.85. The Kier molecular flexibility index (Phi) is 6.85. The van der Waals surface area contributed by atoms with Crippen LogP contribution in [0.2, 0.25) is 0 Å². The molecule has 33 heavy (non-hydrogen) atoms. The molecule has 1 aliphatic heterocycles. The predicted molar refractivity (Wildman–Crippen MR) is 108 cm³/mol. The number of aliphatic hydroxyl groups excluding tert-OH is 1. The SMILES string of the molecule is C[C@]1(COP([O-])(=S)OP(=O)([O-])OP(=O)(O)O)O[C@@](C)(n2cnc3c(=O)[nH]c(N)nc32)CC1O. The van der Waals surface area contributed by atoms with Crippen molar-refractivity contribution in [1.82, 2.24) is 19.5 Å². The van der Waals surface area contributed by atoms with Gasteiger partial charge in [0.2, 0.25) is 5.95 Å². The Labute approximate surface area is 189 Å². The van der Waals surface area contributed by atoms with Gasteiger partial charge in [0.15, 0.2) is 11.2 Å². The number of hydrogen-bond donors (Lipinski definition) is 5. The van der Waals surface area contributed by atoms with Crippen LogP contribution in [0.5, 0.6) is 0 Å². The van der Waals surface area contributed by atoms with Crippen LogP contribution in [0.3, 0.4) is 0 Å². The Morgan fingerprint density at radius 3 is 2.64 bits per heavy atom. The predicted octanol–water partition coefficient (Wildman–Crippen LogP) is -1.89. The first-order valence-electron chi connectivity index (χ1n) is 8.71. The lowest BCUT2D eigenvalue weighted by Crippen LogP contribution is -2.42. The number of phosphoric acid groups is 2. The first-order chi connectivity index (χ1) is 14.8. The van der Waals surface area contributed by atoms with Gasteiger partial charge in [0.05, 0.1) is 19.0 Å². The van der Waals surface area contributed by atoms with Crippen molar-refractivity contribution in [2.45, 2.75) is 37.7 Å². The third kappa shape index (κ3) is 5.94. The number of aromatic amines is 1. The van der Waals surface area contributed by atoms with Gasteiger partial charge in [-0.25, -0.2) is 13.9 Å². The molecule has 0 radical (unpaired) electrons. The van der Waals surface area contributed by atoms with Crippen molar-refractivity contribution in [3.8, 4) is 0 Å². The molecular weight excluding hydrogens is 531 g/mol. The van der Waals surface area contributed by atoms with Gasteiger partial charge < -0.3 is 39.7 Å². The lowest BCUT2D eigenvalue weighted by atomic mass is 9.99. The summed E-state index contributed by atoms with van der Waals surface area (Å²) in [5, 5.41) is 10.6. The van der Waals surface area contributed by atoms with Crippen LogP contribution in [0, 0.1) is 0 Å². The van der Waals surface area contributed by atoms with Crippen molar-refractivity contribution in [2.75, 3.05) is 12.3 Å². The topological polar surface area (TPSA) is 267 Å². The number of nitrogen functional groups attached to an aromatic ring is 1. The van der Waals surface area contributed by atoms with E-state index in [1.165, 1.54) is 24.7 Å². The largest absolute Gasteiger partial charge is 0.779 e. The molecular formula is C12H18N5O12P3S-2. The fourth-order valence-electron chi connectivity index (χ4n) is 3.23. The smallest absolute Gasteiger partial charge is 0.476 e. The minimum atomic E-state index is -5.81. The van der Waals surface area contributed by atoms with E-state index in [4.69, 9.17) is 24.8 Å². The number of H-pyrrole nitrogens is 1. The quantitative estimate of drug-likeness (QED) is 0.225. The lowest BCUT2D eigenvalue weighted by molar-refractivity contribution is -0.234. The second kappa shape index (κ2) is 8.53. The lowest BCUT2D eigenvalue weighted by Gasteiger charge is -2.37. The normalized spacial score (nSPS) is 29.7. The van der Waals surface area contributed by atoms with Crippen molar-refractivity contribution in [1.29, 1.82) is 0 Å².